The van der Waals surface area contributed by atoms with Crippen LogP contribution in [0.15, 0.2) is 48.7 Å². The molecule has 0 aliphatic carbocycles. The number of carbonyl (C=O) groups is 1. The van der Waals surface area contributed by atoms with Crippen LogP contribution in [0.1, 0.15) is 24.2 Å². The van der Waals surface area contributed by atoms with Gasteiger partial charge in [0.05, 0.1) is 17.8 Å². The Morgan fingerprint density at radius 1 is 1.20 bits per heavy atom. The summed E-state index contributed by atoms with van der Waals surface area (Å²) >= 11 is 0. The quantitative estimate of drug-likeness (QED) is 0.895. The summed E-state index contributed by atoms with van der Waals surface area (Å²) in [6.45, 7) is 3.44. The van der Waals surface area contributed by atoms with Gasteiger partial charge in [0.2, 0.25) is 0 Å². The SMILES string of the molecule is CC(C)(CO)NC(=O)c1ccc(-c2ccccn2)cc1. The third-order valence-corrected chi connectivity index (χ3v) is 2.95. The highest BCUT2D eigenvalue weighted by molar-refractivity contribution is 5.95. The molecule has 0 saturated carbocycles. The Morgan fingerprint density at radius 2 is 1.90 bits per heavy atom. The highest BCUT2D eigenvalue weighted by Crippen LogP contribution is 2.17. The minimum atomic E-state index is -0.628. The van der Waals surface area contributed by atoms with Gasteiger partial charge in [0, 0.05) is 17.3 Å². The van der Waals surface area contributed by atoms with Crippen LogP contribution in [0, 0.1) is 0 Å². The number of hydrogen-bond donors (Lipinski definition) is 2. The molecule has 4 heteroatoms. The van der Waals surface area contributed by atoms with Crippen LogP contribution in [-0.4, -0.2) is 28.1 Å². The number of aliphatic hydroxyl groups excluding tert-OH is 1. The standard InChI is InChI=1S/C16H18N2O2/c1-16(2,11-19)18-15(20)13-8-6-12(7-9-13)14-5-3-4-10-17-14/h3-10,19H,11H2,1-2H3,(H,18,20). The lowest BCUT2D eigenvalue weighted by molar-refractivity contribution is 0.0869. The van der Waals surface area contributed by atoms with Crippen molar-refractivity contribution in [2.75, 3.05) is 6.61 Å². The molecule has 0 bridgehead atoms. The van der Waals surface area contributed by atoms with Crippen LogP contribution in [0.2, 0.25) is 0 Å². The van der Waals surface area contributed by atoms with E-state index in [4.69, 9.17) is 5.11 Å². The van der Waals surface area contributed by atoms with Gasteiger partial charge in [0.25, 0.3) is 5.91 Å². The van der Waals surface area contributed by atoms with E-state index in [-0.39, 0.29) is 12.5 Å². The maximum absolute atomic E-state index is 12.0. The number of aliphatic hydroxyl groups is 1. The summed E-state index contributed by atoms with van der Waals surface area (Å²) < 4.78 is 0. The Morgan fingerprint density at radius 3 is 2.45 bits per heavy atom. The molecule has 0 radical (unpaired) electrons. The van der Waals surface area contributed by atoms with E-state index in [0.717, 1.165) is 11.3 Å². The molecule has 0 saturated heterocycles. The van der Waals surface area contributed by atoms with Gasteiger partial charge in [0.15, 0.2) is 0 Å². The summed E-state index contributed by atoms with van der Waals surface area (Å²) in [5.74, 6) is -0.198. The predicted octanol–water partition coefficient (Wildman–Crippen LogP) is 2.25. The highest BCUT2D eigenvalue weighted by Gasteiger charge is 2.19. The van der Waals surface area contributed by atoms with Gasteiger partial charge >= 0.3 is 0 Å². The molecule has 0 atom stereocenters. The lowest BCUT2D eigenvalue weighted by Gasteiger charge is -2.23. The Kier molecular flexibility index (Phi) is 4.15. The number of hydrogen-bond acceptors (Lipinski definition) is 3. The first-order valence-electron chi connectivity index (χ1n) is 6.47. The molecule has 0 aliphatic heterocycles. The fraction of sp³-hybridized carbons (Fsp3) is 0.250. The third-order valence-electron chi connectivity index (χ3n) is 2.95. The van der Waals surface area contributed by atoms with Gasteiger partial charge in [-0.05, 0) is 38.1 Å². The molecule has 104 valence electrons. The van der Waals surface area contributed by atoms with Crippen molar-refractivity contribution in [3.05, 3.63) is 54.2 Å². The molecule has 1 aromatic carbocycles. The molecule has 4 nitrogen and oxygen atoms in total. The van der Waals surface area contributed by atoms with Crippen LogP contribution >= 0.6 is 0 Å². The van der Waals surface area contributed by atoms with Gasteiger partial charge in [0.1, 0.15) is 0 Å². The van der Waals surface area contributed by atoms with E-state index in [9.17, 15) is 4.79 Å². The molecule has 0 aliphatic rings. The normalized spacial score (nSPS) is 11.2. The largest absolute Gasteiger partial charge is 0.394 e. The van der Waals surface area contributed by atoms with Gasteiger partial charge in [-0.15, -0.1) is 0 Å². The van der Waals surface area contributed by atoms with E-state index in [1.54, 1.807) is 32.2 Å². The molecule has 0 unspecified atom stereocenters. The minimum Gasteiger partial charge on any atom is -0.394 e. The summed E-state index contributed by atoms with van der Waals surface area (Å²) in [4.78, 5) is 16.3. The molecule has 20 heavy (non-hydrogen) atoms. The van der Waals surface area contributed by atoms with E-state index >= 15 is 0 Å². The molecule has 1 aromatic heterocycles. The number of nitrogens with zero attached hydrogens (tertiary/aromatic N) is 1. The van der Waals surface area contributed by atoms with Crippen molar-refractivity contribution in [3.63, 3.8) is 0 Å². The van der Waals surface area contributed by atoms with Crippen LogP contribution < -0.4 is 5.32 Å². The van der Waals surface area contributed by atoms with Crippen molar-refractivity contribution >= 4 is 5.91 Å². The lowest BCUT2D eigenvalue weighted by atomic mass is 10.0. The number of rotatable bonds is 4. The zero-order valence-electron chi connectivity index (χ0n) is 11.6. The first-order chi connectivity index (χ1) is 9.52. The fourth-order valence-electron chi connectivity index (χ4n) is 1.74. The zero-order chi connectivity index (χ0) is 14.6. The summed E-state index contributed by atoms with van der Waals surface area (Å²) in [7, 11) is 0. The monoisotopic (exact) mass is 270 g/mol. The molecular formula is C16H18N2O2. The number of amides is 1. The second-order valence-corrected chi connectivity index (χ2v) is 5.29. The van der Waals surface area contributed by atoms with Gasteiger partial charge in [-0.2, -0.15) is 0 Å². The summed E-state index contributed by atoms with van der Waals surface area (Å²) in [6, 6.07) is 12.9. The molecule has 1 heterocycles. The molecule has 0 fully saturated rings. The maximum Gasteiger partial charge on any atom is 0.251 e. The lowest BCUT2D eigenvalue weighted by Crippen LogP contribution is -2.46. The van der Waals surface area contributed by atoms with Gasteiger partial charge in [-0.1, -0.05) is 18.2 Å². The van der Waals surface area contributed by atoms with E-state index in [0.29, 0.717) is 5.56 Å². The fourth-order valence-corrected chi connectivity index (χ4v) is 1.74. The van der Waals surface area contributed by atoms with Crippen molar-refractivity contribution < 1.29 is 9.90 Å². The number of nitrogens with one attached hydrogen (secondary N) is 1. The summed E-state index contributed by atoms with van der Waals surface area (Å²) in [5, 5.41) is 11.9. The molecule has 2 aromatic rings. The summed E-state index contributed by atoms with van der Waals surface area (Å²) in [6.07, 6.45) is 1.74. The van der Waals surface area contributed by atoms with Gasteiger partial charge < -0.3 is 10.4 Å². The van der Waals surface area contributed by atoms with Crippen molar-refractivity contribution in [2.45, 2.75) is 19.4 Å². The second-order valence-electron chi connectivity index (χ2n) is 5.29. The second kappa shape index (κ2) is 5.84. The predicted molar refractivity (Wildman–Crippen MR) is 78.3 cm³/mol. The van der Waals surface area contributed by atoms with E-state index in [2.05, 4.69) is 10.3 Å². The average molecular weight is 270 g/mol. The molecule has 0 spiro atoms. The topological polar surface area (TPSA) is 62.2 Å². The van der Waals surface area contributed by atoms with E-state index in [1.165, 1.54) is 0 Å². The molecular weight excluding hydrogens is 252 g/mol. The Bertz CT molecular complexity index is 577. The van der Waals surface area contributed by atoms with Crippen LogP contribution in [0.4, 0.5) is 0 Å². The number of aromatic nitrogens is 1. The van der Waals surface area contributed by atoms with Crippen molar-refractivity contribution in [1.82, 2.24) is 10.3 Å². The first-order valence-corrected chi connectivity index (χ1v) is 6.47. The van der Waals surface area contributed by atoms with Crippen LogP contribution in [-0.2, 0) is 0 Å². The van der Waals surface area contributed by atoms with Crippen molar-refractivity contribution in [2.24, 2.45) is 0 Å². The van der Waals surface area contributed by atoms with Crippen LogP contribution in [0.5, 0.6) is 0 Å². The van der Waals surface area contributed by atoms with Crippen LogP contribution in [0.25, 0.3) is 11.3 Å². The third kappa shape index (κ3) is 3.42. The molecule has 1 amide bonds. The Labute approximate surface area is 118 Å². The smallest absolute Gasteiger partial charge is 0.251 e. The zero-order valence-corrected chi connectivity index (χ0v) is 11.6. The van der Waals surface area contributed by atoms with Crippen molar-refractivity contribution in [3.8, 4) is 11.3 Å². The van der Waals surface area contributed by atoms with Gasteiger partial charge in [-0.3, -0.25) is 9.78 Å². The first kappa shape index (κ1) is 14.2. The number of pyridine rings is 1. The van der Waals surface area contributed by atoms with Gasteiger partial charge in [-0.25, -0.2) is 0 Å². The Hall–Kier alpha value is -2.20. The number of benzene rings is 1. The van der Waals surface area contributed by atoms with E-state index < -0.39 is 5.54 Å². The molecule has 2 rings (SSSR count). The average Bonchev–Trinajstić information content (AvgIpc) is 2.48. The van der Waals surface area contributed by atoms with Crippen molar-refractivity contribution in [1.29, 1.82) is 0 Å². The highest BCUT2D eigenvalue weighted by atomic mass is 16.3. The Balaban J connectivity index is 2.15. The summed E-state index contributed by atoms with van der Waals surface area (Å²) in [5.41, 5.74) is 1.77. The number of carbonyl (C=O) groups excluding carboxylic acids is 1. The van der Waals surface area contributed by atoms with Crippen LogP contribution in [0.3, 0.4) is 0 Å². The maximum atomic E-state index is 12.0. The van der Waals surface area contributed by atoms with E-state index in [1.807, 2.05) is 30.3 Å². The molecule has 2 N–H and O–H groups in total. The minimum absolute atomic E-state index is 0.106.